The maximum atomic E-state index is 12.0. The molecule has 1 saturated carbocycles. The molecule has 1 aliphatic heterocycles. The molecule has 0 spiro atoms. The van der Waals surface area contributed by atoms with Gasteiger partial charge >= 0.3 is 0 Å². The van der Waals surface area contributed by atoms with E-state index in [1.54, 1.807) is 0 Å². The van der Waals surface area contributed by atoms with E-state index in [0.717, 1.165) is 45.3 Å². The second-order valence-corrected chi connectivity index (χ2v) is 5.22. The zero-order valence-electron chi connectivity index (χ0n) is 10.8. The van der Waals surface area contributed by atoms with Gasteiger partial charge in [0.25, 0.3) is 0 Å². The average molecular weight is 240 g/mol. The highest BCUT2D eigenvalue weighted by molar-refractivity contribution is 5.87. The highest BCUT2D eigenvalue weighted by Crippen LogP contribution is 2.31. The van der Waals surface area contributed by atoms with Gasteiger partial charge in [0.15, 0.2) is 0 Å². The van der Waals surface area contributed by atoms with Gasteiger partial charge in [-0.2, -0.15) is 0 Å². The number of rotatable bonds is 5. The van der Waals surface area contributed by atoms with Crippen LogP contribution in [0.4, 0.5) is 0 Å². The SMILES string of the molecule is CNC1(C(=O)NCCC2CCCCO2)CCC1. The first-order valence-corrected chi connectivity index (χ1v) is 6.86. The number of ether oxygens (including phenoxy) is 1. The zero-order valence-corrected chi connectivity index (χ0v) is 10.8. The summed E-state index contributed by atoms with van der Waals surface area (Å²) in [4.78, 5) is 12.0. The third-order valence-corrected chi connectivity index (χ3v) is 4.15. The molecule has 2 aliphatic rings. The van der Waals surface area contributed by atoms with Crippen molar-refractivity contribution in [2.45, 2.75) is 56.6 Å². The van der Waals surface area contributed by atoms with Gasteiger partial charge in [-0.05, 0) is 52.0 Å². The van der Waals surface area contributed by atoms with Crippen LogP contribution in [0.1, 0.15) is 44.9 Å². The van der Waals surface area contributed by atoms with Crippen LogP contribution in [0.3, 0.4) is 0 Å². The summed E-state index contributed by atoms with van der Waals surface area (Å²) in [5.74, 6) is 0.169. The Labute approximate surface area is 103 Å². The molecule has 1 saturated heterocycles. The smallest absolute Gasteiger partial charge is 0.240 e. The van der Waals surface area contributed by atoms with Crippen molar-refractivity contribution < 1.29 is 9.53 Å². The summed E-state index contributed by atoms with van der Waals surface area (Å²) in [6.07, 6.45) is 7.99. The normalized spacial score (nSPS) is 27.2. The van der Waals surface area contributed by atoms with Crippen molar-refractivity contribution >= 4 is 5.91 Å². The minimum atomic E-state index is -0.270. The molecule has 98 valence electrons. The molecule has 0 aromatic heterocycles. The van der Waals surface area contributed by atoms with E-state index < -0.39 is 0 Å². The van der Waals surface area contributed by atoms with Crippen molar-refractivity contribution in [2.75, 3.05) is 20.2 Å². The molecule has 2 rings (SSSR count). The van der Waals surface area contributed by atoms with Crippen LogP contribution in [-0.2, 0) is 9.53 Å². The van der Waals surface area contributed by atoms with Crippen molar-refractivity contribution in [1.29, 1.82) is 0 Å². The van der Waals surface area contributed by atoms with E-state index in [2.05, 4.69) is 10.6 Å². The maximum Gasteiger partial charge on any atom is 0.240 e. The van der Waals surface area contributed by atoms with E-state index in [1.165, 1.54) is 12.8 Å². The second kappa shape index (κ2) is 5.83. The fourth-order valence-corrected chi connectivity index (χ4v) is 2.67. The summed E-state index contributed by atoms with van der Waals surface area (Å²) in [5, 5.41) is 6.20. The molecule has 4 nitrogen and oxygen atoms in total. The summed E-state index contributed by atoms with van der Waals surface area (Å²) in [6, 6.07) is 0. The topological polar surface area (TPSA) is 50.4 Å². The Hall–Kier alpha value is -0.610. The highest BCUT2D eigenvalue weighted by Gasteiger charge is 2.42. The van der Waals surface area contributed by atoms with Crippen LogP contribution in [-0.4, -0.2) is 37.7 Å². The summed E-state index contributed by atoms with van der Waals surface area (Å²) in [7, 11) is 1.88. The monoisotopic (exact) mass is 240 g/mol. The molecule has 1 aliphatic carbocycles. The molecule has 1 atom stereocenters. The Kier molecular flexibility index (Phi) is 4.40. The highest BCUT2D eigenvalue weighted by atomic mass is 16.5. The van der Waals surface area contributed by atoms with Gasteiger partial charge in [-0.25, -0.2) is 0 Å². The Morgan fingerprint density at radius 2 is 2.18 bits per heavy atom. The van der Waals surface area contributed by atoms with E-state index >= 15 is 0 Å². The van der Waals surface area contributed by atoms with E-state index in [4.69, 9.17) is 4.74 Å². The number of nitrogens with one attached hydrogen (secondary N) is 2. The van der Waals surface area contributed by atoms with Gasteiger partial charge in [-0.3, -0.25) is 4.79 Å². The van der Waals surface area contributed by atoms with Crippen molar-refractivity contribution in [3.05, 3.63) is 0 Å². The molecule has 0 aromatic carbocycles. The minimum Gasteiger partial charge on any atom is -0.378 e. The van der Waals surface area contributed by atoms with Gasteiger partial charge in [0.05, 0.1) is 11.6 Å². The summed E-state index contributed by atoms with van der Waals surface area (Å²) >= 11 is 0. The van der Waals surface area contributed by atoms with Crippen LogP contribution in [0.15, 0.2) is 0 Å². The summed E-state index contributed by atoms with van der Waals surface area (Å²) in [6.45, 7) is 1.63. The van der Waals surface area contributed by atoms with Crippen LogP contribution in [0.2, 0.25) is 0 Å². The lowest BCUT2D eigenvalue weighted by molar-refractivity contribution is -0.131. The molecule has 4 heteroatoms. The van der Waals surface area contributed by atoms with Gasteiger partial charge in [0, 0.05) is 13.2 Å². The van der Waals surface area contributed by atoms with Gasteiger partial charge in [-0.1, -0.05) is 0 Å². The largest absolute Gasteiger partial charge is 0.378 e. The Morgan fingerprint density at radius 1 is 1.35 bits per heavy atom. The van der Waals surface area contributed by atoms with Crippen LogP contribution in [0, 0.1) is 0 Å². The number of amides is 1. The van der Waals surface area contributed by atoms with E-state index in [1.807, 2.05) is 7.05 Å². The quantitative estimate of drug-likeness (QED) is 0.759. The lowest BCUT2D eigenvalue weighted by atomic mass is 9.76. The number of carbonyl (C=O) groups is 1. The summed E-state index contributed by atoms with van der Waals surface area (Å²) < 4.78 is 5.65. The first kappa shape index (κ1) is 12.8. The number of likely N-dealkylation sites (N-methyl/N-ethyl adjacent to an activating group) is 1. The Morgan fingerprint density at radius 3 is 2.71 bits per heavy atom. The lowest BCUT2D eigenvalue weighted by Crippen LogP contribution is -2.60. The molecule has 1 amide bonds. The third kappa shape index (κ3) is 2.99. The maximum absolute atomic E-state index is 12.0. The van der Waals surface area contributed by atoms with E-state index in [-0.39, 0.29) is 11.4 Å². The number of carbonyl (C=O) groups excluding carboxylic acids is 1. The van der Waals surface area contributed by atoms with Crippen LogP contribution >= 0.6 is 0 Å². The fourth-order valence-electron chi connectivity index (χ4n) is 2.67. The average Bonchev–Trinajstić information content (AvgIpc) is 2.30. The van der Waals surface area contributed by atoms with Gasteiger partial charge < -0.3 is 15.4 Å². The van der Waals surface area contributed by atoms with Gasteiger partial charge in [0.2, 0.25) is 5.91 Å². The second-order valence-electron chi connectivity index (χ2n) is 5.22. The Balaban J connectivity index is 1.65. The molecule has 2 N–H and O–H groups in total. The lowest BCUT2D eigenvalue weighted by Gasteiger charge is -2.40. The fraction of sp³-hybridized carbons (Fsp3) is 0.923. The standard InChI is InChI=1S/C13H24N2O2/c1-14-13(7-4-8-13)12(16)15-9-6-11-5-2-3-10-17-11/h11,14H,2-10H2,1H3,(H,15,16). The first-order valence-electron chi connectivity index (χ1n) is 6.86. The molecular formula is C13H24N2O2. The molecule has 1 heterocycles. The van der Waals surface area contributed by atoms with E-state index in [0.29, 0.717) is 6.10 Å². The van der Waals surface area contributed by atoms with Gasteiger partial charge in [-0.15, -0.1) is 0 Å². The van der Waals surface area contributed by atoms with Crippen molar-refractivity contribution in [3.63, 3.8) is 0 Å². The molecule has 17 heavy (non-hydrogen) atoms. The van der Waals surface area contributed by atoms with Gasteiger partial charge in [0.1, 0.15) is 0 Å². The zero-order chi connectivity index (χ0) is 12.1. The van der Waals surface area contributed by atoms with Crippen LogP contribution < -0.4 is 10.6 Å². The molecule has 0 aromatic rings. The van der Waals surface area contributed by atoms with Crippen molar-refractivity contribution in [3.8, 4) is 0 Å². The molecule has 0 bridgehead atoms. The molecule has 2 fully saturated rings. The molecule has 1 unspecified atom stereocenters. The predicted molar refractivity (Wildman–Crippen MR) is 66.9 cm³/mol. The molecule has 0 radical (unpaired) electrons. The number of hydrogen-bond acceptors (Lipinski definition) is 3. The van der Waals surface area contributed by atoms with E-state index in [9.17, 15) is 4.79 Å². The molecular weight excluding hydrogens is 216 g/mol. The third-order valence-electron chi connectivity index (χ3n) is 4.15. The number of hydrogen-bond donors (Lipinski definition) is 2. The van der Waals surface area contributed by atoms with Crippen molar-refractivity contribution in [1.82, 2.24) is 10.6 Å². The van der Waals surface area contributed by atoms with Crippen LogP contribution in [0.5, 0.6) is 0 Å². The van der Waals surface area contributed by atoms with Crippen molar-refractivity contribution in [2.24, 2.45) is 0 Å². The Bertz CT molecular complexity index is 253. The predicted octanol–water partition coefficient (Wildman–Crippen LogP) is 1.20. The summed E-state index contributed by atoms with van der Waals surface area (Å²) in [5.41, 5.74) is -0.270. The minimum absolute atomic E-state index is 0.169. The van der Waals surface area contributed by atoms with Crippen LogP contribution in [0.25, 0.3) is 0 Å². The first-order chi connectivity index (χ1) is 8.27.